The van der Waals surface area contributed by atoms with Gasteiger partial charge in [-0.25, -0.2) is 0 Å². The fraction of sp³-hybridized carbons (Fsp3) is 0.250. The second-order valence-corrected chi connectivity index (χ2v) is 2.64. The average molecular weight is 131 g/mol. The zero-order chi connectivity index (χ0) is 5.44. The summed E-state index contributed by atoms with van der Waals surface area (Å²) in [5.41, 5.74) is 7.27. The molecule has 1 aliphatic carbocycles. The van der Waals surface area contributed by atoms with Crippen molar-refractivity contribution in [2.75, 3.05) is 0 Å². The Bertz CT molecular complexity index is 142. The van der Waals surface area contributed by atoms with Gasteiger partial charge in [-0.05, 0) is 0 Å². The minimum atomic E-state index is 0.650. The van der Waals surface area contributed by atoms with E-state index in [4.69, 9.17) is 5.73 Å². The first-order valence-corrected chi connectivity index (χ1v) is 2.78. The van der Waals surface area contributed by atoms with E-state index in [1.807, 2.05) is 0 Å². The molecule has 0 radical (unpaired) electrons. The monoisotopic (exact) mass is 131 g/mol. The van der Waals surface area contributed by atoms with Gasteiger partial charge in [0.2, 0.25) is 0 Å². The summed E-state index contributed by atoms with van der Waals surface area (Å²) in [5.74, 6) is 0. The van der Waals surface area contributed by atoms with Gasteiger partial charge in [-0.15, -0.1) is 12.6 Å². The molecule has 0 aromatic heterocycles. The van der Waals surface area contributed by atoms with Crippen LogP contribution in [0.25, 0.3) is 0 Å². The Morgan fingerprint density at radius 3 is 2.29 bits per heavy atom. The van der Waals surface area contributed by atoms with Crippen LogP contribution < -0.4 is 5.73 Å². The van der Waals surface area contributed by atoms with Crippen LogP contribution in [-0.4, -0.2) is 4.20 Å². The first-order valence-electron chi connectivity index (χ1n) is 1.92. The van der Waals surface area contributed by atoms with Gasteiger partial charge >= 0.3 is 0 Å². The topological polar surface area (TPSA) is 26.0 Å². The van der Waals surface area contributed by atoms with Gasteiger partial charge in [0.15, 0.2) is 0 Å². The van der Waals surface area contributed by atoms with E-state index >= 15 is 0 Å². The van der Waals surface area contributed by atoms with Gasteiger partial charge in [-0.2, -0.15) is 0 Å². The highest BCUT2D eigenvalue weighted by molar-refractivity contribution is 8.11. The largest absolute Gasteiger partial charge is 0.401 e. The maximum atomic E-state index is 5.31. The van der Waals surface area contributed by atoms with Crippen LogP contribution >= 0.6 is 24.8 Å². The van der Waals surface area contributed by atoms with E-state index in [0.717, 1.165) is 17.7 Å². The van der Waals surface area contributed by atoms with Crippen molar-refractivity contribution < 1.29 is 0 Å². The van der Waals surface area contributed by atoms with Crippen molar-refractivity contribution >= 4 is 29.0 Å². The third-order valence-corrected chi connectivity index (χ3v) is 1.40. The minimum Gasteiger partial charge on any atom is -0.401 e. The average Bonchev–Trinajstić information content (AvgIpc) is 2.17. The molecule has 0 fully saturated rings. The second kappa shape index (κ2) is 1.49. The van der Waals surface area contributed by atoms with Crippen molar-refractivity contribution in [3.63, 3.8) is 0 Å². The van der Waals surface area contributed by atoms with E-state index < -0.39 is 0 Å². The molecular formula is C4H5NS2. The number of rotatable bonds is 1. The molecule has 1 aliphatic rings. The summed E-state index contributed by atoms with van der Waals surface area (Å²) < 4.78 is 0.650. The number of thiocarbonyl (C=S) groups is 1. The molecule has 0 amide bonds. The lowest BCUT2D eigenvalue weighted by Crippen LogP contribution is -1.79. The molecule has 0 saturated heterocycles. The van der Waals surface area contributed by atoms with Gasteiger partial charge in [-0.1, -0.05) is 12.2 Å². The summed E-state index contributed by atoms with van der Waals surface area (Å²) in [7, 11) is 0. The standard InChI is InChI=1S/C4H5NS2/c5-3-1-2(3)4(6)7/h1,5H2,(H,6,7). The molecule has 1 nitrogen and oxygen atoms in total. The Hall–Kier alpha value is -0.0200. The Morgan fingerprint density at radius 2 is 2.29 bits per heavy atom. The molecule has 2 N–H and O–H groups in total. The summed E-state index contributed by atoms with van der Waals surface area (Å²) in [4.78, 5) is 0. The zero-order valence-electron chi connectivity index (χ0n) is 3.64. The minimum absolute atomic E-state index is 0.650. The predicted octanol–water partition coefficient (Wildman–Crippen LogP) is 0.860. The number of thiol groups is 1. The van der Waals surface area contributed by atoms with Gasteiger partial charge in [-0.3, -0.25) is 0 Å². The molecule has 38 valence electrons. The molecule has 0 atom stereocenters. The van der Waals surface area contributed by atoms with Crippen molar-refractivity contribution in [2.45, 2.75) is 6.42 Å². The smallest absolute Gasteiger partial charge is 0.0728 e. The third kappa shape index (κ3) is 0.951. The Labute approximate surface area is 53.0 Å². The summed E-state index contributed by atoms with van der Waals surface area (Å²) in [6.07, 6.45) is 0.877. The Morgan fingerprint density at radius 1 is 1.86 bits per heavy atom. The van der Waals surface area contributed by atoms with Gasteiger partial charge in [0.1, 0.15) is 0 Å². The molecule has 0 saturated carbocycles. The van der Waals surface area contributed by atoms with E-state index in [-0.39, 0.29) is 0 Å². The predicted molar refractivity (Wildman–Crippen MR) is 37.4 cm³/mol. The normalized spacial score (nSPS) is 17.3. The lowest BCUT2D eigenvalue weighted by Gasteiger charge is -1.74. The molecule has 0 aliphatic heterocycles. The van der Waals surface area contributed by atoms with Crippen LogP contribution in [-0.2, 0) is 0 Å². The molecule has 0 heterocycles. The summed E-state index contributed by atoms with van der Waals surface area (Å²) >= 11 is 8.59. The van der Waals surface area contributed by atoms with Crippen LogP contribution in [0.1, 0.15) is 6.42 Å². The third-order valence-electron chi connectivity index (χ3n) is 0.888. The van der Waals surface area contributed by atoms with E-state index in [1.165, 1.54) is 0 Å². The maximum Gasteiger partial charge on any atom is 0.0728 e. The van der Waals surface area contributed by atoms with Gasteiger partial charge in [0.05, 0.1) is 4.20 Å². The number of nitrogens with two attached hydrogens (primary N) is 1. The second-order valence-electron chi connectivity index (χ2n) is 1.49. The molecule has 3 heteroatoms. The quantitative estimate of drug-likeness (QED) is 0.408. The molecule has 7 heavy (non-hydrogen) atoms. The van der Waals surface area contributed by atoms with Crippen LogP contribution in [0.15, 0.2) is 11.3 Å². The van der Waals surface area contributed by atoms with Gasteiger partial charge < -0.3 is 5.73 Å². The highest BCUT2D eigenvalue weighted by atomic mass is 32.1. The molecule has 0 spiro atoms. The van der Waals surface area contributed by atoms with Crippen molar-refractivity contribution in [2.24, 2.45) is 5.73 Å². The van der Waals surface area contributed by atoms with Crippen molar-refractivity contribution in [3.05, 3.63) is 11.3 Å². The van der Waals surface area contributed by atoms with Gasteiger partial charge in [0, 0.05) is 17.7 Å². The molecule has 1 rings (SSSR count). The summed E-state index contributed by atoms with van der Waals surface area (Å²) in [6, 6.07) is 0. The van der Waals surface area contributed by atoms with E-state index in [9.17, 15) is 0 Å². The highest BCUT2D eigenvalue weighted by Crippen LogP contribution is 2.27. The molecule has 0 bridgehead atoms. The molecule has 0 aromatic carbocycles. The Balaban J connectivity index is 2.62. The van der Waals surface area contributed by atoms with Crippen LogP contribution in [0.5, 0.6) is 0 Å². The van der Waals surface area contributed by atoms with Crippen LogP contribution in [0.2, 0.25) is 0 Å². The summed E-state index contributed by atoms with van der Waals surface area (Å²) in [5, 5.41) is 0. The lowest BCUT2D eigenvalue weighted by atomic mass is 10.6. The zero-order valence-corrected chi connectivity index (χ0v) is 5.35. The first kappa shape index (κ1) is 5.12. The SMILES string of the molecule is NC1=C(C(=S)S)C1. The number of hydrogen-bond donors (Lipinski definition) is 2. The summed E-state index contributed by atoms with van der Waals surface area (Å²) in [6.45, 7) is 0. The highest BCUT2D eigenvalue weighted by Gasteiger charge is 2.19. The van der Waals surface area contributed by atoms with E-state index in [0.29, 0.717) is 4.20 Å². The first-order chi connectivity index (χ1) is 3.22. The van der Waals surface area contributed by atoms with Crippen molar-refractivity contribution in [1.29, 1.82) is 0 Å². The van der Waals surface area contributed by atoms with Crippen molar-refractivity contribution in [1.82, 2.24) is 0 Å². The van der Waals surface area contributed by atoms with Crippen LogP contribution in [0.3, 0.4) is 0 Å². The molecular weight excluding hydrogens is 126 g/mol. The van der Waals surface area contributed by atoms with E-state index in [2.05, 4.69) is 24.8 Å². The van der Waals surface area contributed by atoms with Gasteiger partial charge in [0.25, 0.3) is 0 Å². The Kier molecular flexibility index (Phi) is 1.09. The van der Waals surface area contributed by atoms with Crippen LogP contribution in [0, 0.1) is 0 Å². The molecule has 0 aromatic rings. The lowest BCUT2D eigenvalue weighted by molar-refractivity contribution is 1.40. The van der Waals surface area contributed by atoms with E-state index in [1.54, 1.807) is 0 Å². The van der Waals surface area contributed by atoms with Crippen LogP contribution in [0.4, 0.5) is 0 Å². The fourth-order valence-electron chi connectivity index (χ4n) is 0.359. The fourth-order valence-corrected chi connectivity index (χ4v) is 0.785. The number of hydrogen-bond acceptors (Lipinski definition) is 2. The number of allylic oxidation sites excluding steroid dienone is 1. The molecule has 0 unspecified atom stereocenters. The van der Waals surface area contributed by atoms with Crippen molar-refractivity contribution in [3.8, 4) is 0 Å². The maximum absolute atomic E-state index is 5.31.